The molecule has 0 unspecified atom stereocenters. The van der Waals surface area contributed by atoms with Crippen LogP contribution in [-0.4, -0.2) is 61.1 Å². The van der Waals surface area contributed by atoms with E-state index in [2.05, 4.69) is 15.5 Å². The minimum absolute atomic E-state index is 0.0975. The van der Waals surface area contributed by atoms with Crippen LogP contribution in [0.3, 0.4) is 0 Å². The Labute approximate surface area is 134 Å². The molecule has 2 N–H and O–H groups in total. The quantitative estimate of drug-likeness (QED) is 0.874. The summed E-state index contributed by atoms with van der Waals surface area (Å²) < 4.78 is 0. The van der Waals surface area contributed by atoms with Crippen molar-refractivity contribution in [2.24, 2.45) is 0 Å². The Morgan fingerprint density at radius 2 is 1.76 bits per heavy atom. The van der Waals surface area contributed by atoms with Gasteiger partial charge in [-0.1, -0.05) is 23.2 Å². The van der Waals surface area contributed by atoms with Gasteiger partial charge in [-0.2, -0.15) is 0 Å². The van der Waals surface area contributed by atoms with Gasteiger partial charge in [-0.25, -0.2) is 4.79 Å². The van der Waals surface area contributed by atoms with Gasteiger partial charge in [0, 0.05) is 61.0 Å². The zero-order valence-electron chi connectivity index (χ0n) is 11.6. The highest BCUT2D eigenvalue weighted by atomic mass is 35.5. The van der Waals surface area contributed by atoms with Crippen molar-refractivity contribution in [2.75, 3.05) is 44.6 Å². The average molecular weight is 329 g/mol. The molecule has 2 amide bonds. The summed E-state index contributed by atoms with van der Waals surface area (Å²) in [7, 11) is 0. The number of nitrogens with zero attached hydrogens (tertiary/aromatic N) is 2. The van der Waals surface area contributed by atoms with Gasteiger partial charge in [0.25, 0.3) is 0 Å². The monoisotopic (exact) mass is 328 g/mol. The molecule has 1 aromatic carbocycles. The van der Waals surface area contributed by atoms with Crippen molar-refractivity contribution in [3.8, 4) is 0 Å². The molecule has 7 heteroatoms. The van der Waals surface area contributed by atoms with E-state index in [1.165, 1.54) is 0 Å². The van der Waals surface area contributed by atoms with Crippen LogP contribution in [0.1, 0.15) is 0 Å². The van der Waals surface area contributed by atoms with Crippen molar-refractivity contribution in [1.82, 2.24) is 15.1 Å². The van der Waals surface area contributed by atoms with E-state index in [0.717, 1.165) is 39.3 Å². The smallest absolute Gasteiger partial charge is 0.321 e. The summed E-state index contributed by atoms with van der Waals surface area (Å²) in [5.74, 6) is 0. The molecule has 0 saturated carbocycles. The lowest BCUT2D eigenvalue weighted by Gasteiger charge is -2.46. The van der Waals surface area contributed by atoms with Crippen molar-refractivity contribution in [3.05, 3.63) is 28.2 Å². The standard InChI is InChI=1S/C14H18Cl2N4O/c15-10-5-11(16)7-12(6-10)18-14(21)20-8-13(9-20)19-3-1-17-2-4-19/h5-7,13,17H,1-4,8-9H2,(H,18,21). The second-order valence-corrected chi connectivity index (χ2v) is 6.31. The second-order valence-electron chi connectivity index (χ2n) is 5.43. The zero-order valence-corrected chi connectivity index (χ0v) is 13.1. The van der Waals surface area contributed by atoms with Crippen LogP contribution in [0.25, 0.3) is 0 Å². The summed E-state index contributed by atoms with van der Waals surface area (Å²) in [4.78, 5) is 16.4. The molecule has 5 nitrogen and oxygen atoms in total. The normalized spacial score (nSPS) is 20.2. The fourth-order valence-electron chi connectivity index (χ4n) is 2.73. The van der Waals surface area contributed by atoms with Crippen LogP contribution >= 0.6 is 23.2 Å². The first kappa shape index (κ1) is 14.9. The minimum atomic E-state index is -0.0975. The third-order valence-electron chi connectivity index (χ3n) is 3.93. The van der Waals surface area contributed by atoms with Gasteiger partial charge in [-0.15, -0.1) is 0 Å². The zero-order chi connectivity index (χ0) is 14.8. The Morgan fingerprint density at radius 3 is 2.38 bits per heavy atom. The molecular formula is C14H18Cl2N4O. The number of urea groups is 1. The number of piperazine rings is 1. The summed E-state index contributed by atoms with van der Waals surface area (Å²) in [6.45, 7) is 5.74. The molecular weight excluding hydrogens is 311 g/mol. The van der Waals surface area contributed by atoms with E-state index in [9.17, 15) is 4.79 Å². The van der Waals surface area contributed by atoms with Crippen LogP contribution in [0.4, 0.5) is 10.5 Å². The third-order valence-corrected chi connectivity index (χ3v) is 4.37. The highest BCUT2D eigenvalue weighted by Crippen LogP contribution is 2.23. The first-order chi connectivity index (χ1) is 10.1. The molecule has 2 saturated heterocycles. The number of benzene rings is 1. The molecule has 0 bridgehead atoms. The summed E-state index contributed by atoms with van der Waals surface area (Å²) in [6.07, 6.45) is 0. The lowest BCUT2D eigenvalue weighted by Crippen LogP contribution is -2.64. The van der Waals surface area contributed by atoms with Crippen molar-refractivity contribution in [2.45, 2.75) is 6.04 Å². The number of hydrogen-bond acceptors (Lipinski definition) is 3. The lowest BCUT2D eigenvalue weighted by molar-refractivity contribution is 0.0537. The molecule has 2 aliphatic rings. The molecule has 2 fully saturated rings. The topological polar surface area (TPSA) is 47.6 Å². The van der Waals surface area contributed by atoms with Gasteiger partial charge in [0.1, 0.15) is 0 Å². The van der Waals surface area contributed by atoms with Crippen molar-refractivity contribution >= 4 is 34.9 Å². The SMILES string of the molecule is O=C(Nc1cc(Cl)cc(Cl)c1)N1CC(N2CCNCC2)C1. The fourth-order valence-corrected chi connectivity index (χ4v) is 3.25. The van der Waals surface area contributed by atoms with Crippen LogP contribution in [0.2, 0.25) is 10.0 Å². The highest BCUT2D eigenvalue weighted by Gasteiger charge is 2.35. The first-order valence-electron chi connectivity index (χ1n) is 7.08. The third kappa shape index (κ3) is 3.61. The number of nitrogens with one attached hydrogen (secondary N) is 2. The Bertz CT molecular complexity index is 507. The molecule has 0 aliphatic carbocycles. The molecule has 0 spiro atoms. The number of anilines is 1. The van der Waals surface area contributed by atoms with Gasteiger partial charge < -0.3 is 15.5 Å². The predicted molar refractivity (Wildman–Crippen MR) is 85.3 cm³/mol. The molecule has 21 heavy (non-hydrogen) atoms. The Kier molecular flexibility index (Phi) is 4.54. The van der Waals surface area contributed by atoms with Crippen LogP contribution in [-0.2, 0) is 0 Å². The second kappa shape index (κ2) is 6.40. The number of amides is 2. The summed E-state index contributed by atoms with van der Waals surface area (Å²) in [6, 6.07) is 5.42. The number of likely N-dealkylation sites (tertiary alicyclic amines) is 1. The Balaban J connectivity index is 1.51. The predicted octanol–water partition coefficient (Wildman–Crippen LogP) is 2.11. The maximum atomic E-state index is 12.1. The number of halogens is 2. The number of rotatable bonds is 2. The Morgan fingerprint density at radius 1 is 1.14 bits per heavy atom. The average Bonchev–Trinajstić information content (AvgIpc) is 2.36. The van der Waals surface area contributed by atoms with E-state index in [-0.39, 0.29) is 6.03 Å². The molecule has 0 aromatic heterocycles. The molecule has 1 aromatic rings. The molecule has 0 radical (unpaired) electrons. The minimum Gasteiger partial charge on any atom is -0.321 e. The maximum Gasteiger partial charge on any atom is 0.321 e. The number of carbonyl (C=O) groups is 1. The largest absolute Gasteiger partial charge is 0.321 e. The van der Waals surface area contributed by atoms with Gasteiger partial charge in [-0.05, 0) is 18.2 Å². The Hall–Kier alpha value is -1.01. The molecule has 2 aliphatic heterocycles. The summed E-state index contributed by atoms with van der Waals surface area (Å²) >= 11 is 11.8. The van der Waals surface area contributed by atoms with Crippen LogP contribution in [0.15, 0.2) is 18.2 Å². The van der Waals surface area contributed by atoms with Crippen LogP contribution in [0, 0.1) is 0 Å². The van der Waals surface area contributed by atoms with E-state index in [1.54, 1.807) is 18.2 Å². The molecule has 3 rings (SSSR count). The van der Waals surface area contributed by atoms with Crippen molar-refractivity contribution < 1.29 is 4.79 Å². The van der Waals surface area contributed by atoms with E-state index in [0.29, 0.717) is 21.8 Å². The molecule has 114 valence electrons. The van der Waals surface area contributed by atoms with Gasteiger partial charge in [0.15, 0.2) is 0 Å². The van der Waals surface area contributed by atoms with E-state index >= 15 is 0 Å². The van der Waals surface area contributed by atoms with Crippen molar-refractivity contribution in [3.63, 3.8) is 0 Å². The van der Waals surface area contributed by atoms with Gasteiger partial charge in [0.2, 0.25) is 0 Å². The maximum absolute atomic E-state index is 12.1. The summed E-state index contributed by atoms with van der Waals surface area (Å²) in [5, 5.41) is 7.20. The lowest BCUT2D eigenvalue weighted by atomic mass is 10.1. The van der Waals surface area contributed by atoms with Gasteiger partial charge in [0.05, 0.1) is 0 Å². The highest BCUT2D eigenvalue weighted by molar-refractivity contribution is 6.35. The van der Waals surface area contributed by atoms with E-state index in [4.69, 9.17) is 23.2 Å². The van der Waals surface area contributed by atoms with Crippen LogP contribution in [0.5, 0.6) is 0 Å². The fraction of sp³-hybridized carbons (Fsp3) is 0.500. The van der Waals surface area contributed by atoms with Gasteiger partial charge in [-0.3, -0.25) is 4.90 Å². The molecule has 0 atom stereocenters. The molecule has 2 heterocycles. The van der Waals surface area contributed by atoms with Gasteiger partial charge >= 0.3 is 6.03 Å². The summed E-state index contributed by atoms with van der Waals surface area (Å²) in [5.41, 5.74) is 0.628. The van der Waals surface area contributed by atoms with E-state index in [1.807, 2.05) is 4.90 Å². The first-order valence-corrected chi connectivity index (χ1v) is 7.84. The number of carbonyl (C=O) groups excluding carboxylic acids is 1. The van der Waals surface area contributed by atoms with E-state index < -0.39 is 0 Å². The van der Waals surface area contributed by atoms with Crippen molar-refractivity contribution in [1.29, 1.82) is 0 Å². The van der Waals surface area contributed by atoms with Crippen LogP contribution < -0.4 is 10.6 Å². The number of hydrogen-bond donors (Lipinski definition) is 2.